The van der Waals surface area contributed by atoms with E-state index in [1.165, 1.54) is 6.20 Å². The molecular formula is C14H23N3O4. The second-order valence-electron chi connectivity index (χ2n) is 5.11. The normalized spacial score (nSPS) is 22.8. The Kier molecular flexibility index (Phi) is 7.15. The average molecular weight is 297 g/mol. The van der Waals surface area contributed by atoms with Crippen molar-refractivity contribution in [2.45, 2.75) is 26.1 Å². The molecule has 1 amide bonds. The summed E-state index contributed by atoms with van der Waals surface area (Å²) in [6.45, 7) is 4.95. The molecule has 2 unspecified atom stereocenters. The third kappa shape index (κ3) is 5.34. The summed E-state index contributed by atoms with van der Waals surface area (Å²) in [5, 5.41) is 27.1. The predicted octanol–water partition coefficient (Wildman–Crippen LogP) is -0.684. The lowest BCUT2D eigenvalue weighted by Crippen LogP contribution is -2.48. The Bertz CT molecular complexity index is 403. The summed E-state index contributed by atoms with van der Waals surface area (Å²) < 4.78 is 5.57. The van der Waals surface area contributed by atoms with E-state index in [-0.39, 0.29) is 50.0 Å². The molecule has 1 fully saturated rings. The molecule has 0 aromatic rings. The average Bonchev–Trinajstić information content (AvgIpc) is 2.43. The first-order chi connectivity index (χ1) is 10.0. The van der Waals surface area contributed by atoms with Gasteiger partial charge in [0.25, 0.3) is 5.91 Å². The number of amides is 1. The highest BCUT2D eigenvalue weighted by molar-refractivity contribution is 5.97. The molecule has 1 aliphatic rings. The zero-order valence-corrected chi connectivity index (χ0v) is 12.5. The van der Waals surface area contributed by atoms with Gasteiger partial charge in [0, 0.05) is 32.4 Å². The molecule has 118 valence electrons. The maximum absolute atomic E-state index is 12.4. The summed E-state index contributed by atoms with van der Waals surface area (Å²) >= 11 is 0. The van der Waals surface area contributed by atoms with Gasteiger partial charge in [0.2, 0.25) is 0 Å². The third-order valence-corrected chi connectivity index (χ3v) is 3.14. The number of carbonyl (C=O) groups excluding carboxylic acids is 1. The lowest BCUT2D eigenvalue weighted by Gasteiger charge is -2.35. The number of nitriles is 1. The van der Waals surface area contributed by atoms with Crippen molar-refractivity contribution < 1.29 is 19.7 Å². The van der Waals surface area contributed by atoms with Gasteiger partial charge in [-0.05, 0) is 13.8 Å². The number of hydrogen-bond acceptors (Lipinski definition) is 6. The molecule has 1 heterocycles. The van der Waals surface area contributed by atoms with Crippen molar-refractivity contribution >= 4 is 5.91 Å². The van der Waals surface area contributed by atoms with Crippen molar-refractivity contribution in [2.24, 2.45) is 0 Å². The van der Waals surface area contributed by atoms with Crippen molar-refractivity contribution in [1.82, 2.24) is 9.80 Å². The number of aliphatic hydroxyl groups excluding tert-OH is 2. The van der Waals surface area contributed by atoms with Crippen LogP contribution in [0.5, 0.6) is 0 Å². The fourth-order valence-corrected chi connectivity index (χ4v) is 2.33. The first kappa shape index (κ1) is 17.4. The fourth-order valence-electron chi connectivity index (χ4n) is 2.33. The van der Waals surface area contributed by atoms with Crippen LogP contribution in [0.4, 0.5) is 0 Å². The Hall–Kier alpha value is -1.62. The second-order valence-corrected chi connectivity index (χ2v) is 5.11. The highest BCUT2D eigenvalue weighted by Crippen LogP contribution is 2.13. The van der Waals surface area contributed by atoms with Crippen molar-refractivity contribution in [2.75, 3.05) is 39.4 Å². The SMILES string of the molecule is CC1CN(C(=O)/C(C#N)=C\N(CCO)CCO)CC(C)O1. The second kappa shape index (κ2) is 8.62. The van der Waals surface area contributed by atoms with Crippen molar-refractivity contribution in [3.05, 3.63) is 11.8 Å². The van der Waals surface area contributed by atoms with E-state index in [9.17, 15) is 10.1 Å². The van der Waals surface area contributed by atoms with E-state index in [2.05, 4.69) is 0 Å². The Morgan fingerprint density at radius 3 is 2.29 bits per heavy atom. The van der Waals surface area contributed by atoms with Gasteiger partial charge in [-0.3, -0.25) is 4.79 Å². The van der Waals surface area contributed by atoms with E-state index in [1.54, 1.807) is 9.80 Å². The first-order valence-electron chi connectivity index (χ1n) is 7.04. The third-order valence-electron chi connectivity index (χ3n) is 3.14. The van der Waals surface area contributed by atoms with Gasteiger partial charge in [0.1, 0.15) is 11.6 Å². The fraction of sp³-hybridized carbons (Fsp3) is 0.714. The molecular weight excluding hydrogens is 274 g/mol. The highest BCUT2D eigenvalue weighted by Gasteiger charge is 2.28. The minimum atomic E-state index is -0.347. The van der Waals surface area contributed by atoms with E-state index >= 15 is 0 Å². The molecule has 7 nitrogen and oxygen atoms in total. The summed E-state index contributed by atoms with van der Waals surface area (Å²) in [5.74, 6) is -0.347. The quantitative estimate of drug-likeness (QED) is 0.498. The molecule has 1 rings (SSSR count). The number of rotatable bonds is 6. The van der Waals surface area contributed by atoms with Crippen LogP contribution in [0.1, 0.15) is 13.8 Å². The molecule has 0 saturated carbocycles. The van der Waals surface area contributed by atoms with Crippen molar-refractivity contribution in [3.63, 3.8) is 0 Å². The molecule has 21 heavy (non-hydrogen) atoms. The van der Waals surface area contributed by atoms with Gasteiger partial charge in [-0.2, -0.15) is 5.26 Å². The summed E-state index contributed by atoms with van der Waals surface area (Å²) in [7, 11) is 0. The molecule has 1 saturated heterocycles. The lowest BCUT2D eigenvalue weighted by atomic mass is 10.2. The number of hydrogen-bond donors (Lipinski definition) is 2. The van der Waals surface area contributed by atoms with Gasteiger partial charge in [0.15, 0.2) is 0 Å². The van der Waals surface area contributed by atoms with Crippen LogP contribution in [-0.4, -0.2) is 77.5 Å². The number of aliphatic hydroxyl groups is 2. The Balaban J connectivity index is 2.82. The lowest BCUT2D eigenvalue weighted by molar-refractivity contribution is -0.138. The van der Waals surface area contributed by atoms with Crippen LogP contribution in [0.15, 0.2) is 11.8 Å². The molecule has 0 radical (unpaired) electrons. The van der Waals surface area contributed by atoms with Crippen LogP contribution in [-0.2, 0) is 9.53 Å². The van der Waals surface area contributed by atoms with Gasteiger partial charge in [-0.25, -0.2) is 0 Å². The summed E-state index contributed by atoms with van der Waals surface area (Å²) in [6, 6.07) is 1.90. The Morgan fingerprint density at radius 1 is 1.33 bits per heavy atom. The topological polar surface area (TPSA) is 97.0 Å². The first-order valence-corrected chi connectivity index (χ1v) is 7.04. The van der Waals surface area contributed by atoms with Gasteiger partial charge < -0.3 is 24.7 Å². The van der Waals surface area contributed by atoms with Crippen molar-refractivity contribution in [1.29, 1.82) is 5.26 Å². The largest absolute Gasteiger partial charge is 0.395 e. The monoisotopic (exact) mass is 297 g/mol. The van der Waals surface area contributed by atoms with Crippen molar-refractivity contribution in [3.8, 4) is 6.07 Å². The standard InChI is InChI=1S/C14H23N3O4/c1-11-8-17(9-12(2)21-11)14(20)13(7-15)10-16(3-5-18)4-6-19/h10-12,18-19H,3-6,8-9H2,1-2H3/b13-10-. The molecule has 0 aromatic heterocycles. The maximum Gasteiger partial charge on any atom is 0.266 e. The van der Waals surface area contributed by atoms with E-state index in [4.69, 9.17) is 14.9 Å². The van der Waals surface area contributed by atoms with Crippen LogP contribution >= 0.6 is 0 Å². The van der Waals surface area contributed by atoms with Crippen LogP contribution in [0.25, 0.3) is 0 Å². The zero-order chi connectivity index (χ0) is 15.8. The Morgan fingerprint density at radius 2 is 1.86 bits per heavy atom. The number of ether oxygens (including phenoxy) is 1. The smallest absolute Gasteiger partial charge is 0.266 e. The van der Waals surface area contributed by atoms with E-state index < -0.39 is 0 Å². The van der Waals surface area contributed by atoms with Crippen LogP contribution in [0.3, 0.4) is 0 Å². The summed E-state index contributed by atoms with van der Waals surface area (Å²) in [5.41, 5.74) is -0.00167. The van der Waals surface area contributed by atoms with E-state index in [1.807, 2.05) is 19.9 Å². The molecule has 0 bridgehead atoms. The van der Waals surface area contributed by atoms with Crippen LogP contribution in [0, 0.1) is 11.3 Å². The summed E-state index contributed by atoms with van der Waals surface area (Å²) in [6.07, 6.45) is 1.27. The minimum Gasteiger partial charge on any atom is -0.395 e. The van der Waals surface area contributed by atoms with Gasteiger partial charge in [-0.1, -0.05) is 0 Å². The van der Waals surface area contributed by atoms with Gasteiger partial charge in [0.05, 0.1) is 25.4 Å². The van der Waals surface area contributed by atoms with Crippen LogP contribution < -0.4 is 0 Å². The minimum absolute atomic E-state index is 0.00167. The molecule has 0 aromatic carbocycles. The van der Waals surface area contributed by atoms with E-state index in [0.717, 1.165) is 0 Å². The van der Waals surface area contributed by atoms with Crippen LogP contribution in [0.2, 0.25) is 0 Å². The molecule has 7 heteroatoms. The maximum atomic E-state index is 12.4. The molecule has 0 spiro atoms. The summed E-state index contributed by atoms with van der Waals surface area (Å²) in [4.78, 5) is 15.6. The van der Waals surface area contributed by atoms with Gasteiger partial charge in [-0.15, -0.1) is 0 Å². The molecule has 2 N–H and O–H groups in total. The Labute approximate surface area is 125 Å². The molecule has 0 aliphatic carbocycles. The molecule has 1 aliphatic heterocycles. The zero-order valence-electron chi connectivity index (χ0n) is 12.5. The number of morpholine rings is 1. The number of carbonyl (C=O) groups is 1. The van der Waals surface area contributed by atoms with Gasteiger partial charge >= 0.3 is 0 Å². The van der Waals surface area contributed by atoms with E-state index in [0.29, 0.717) is 13.1 Å². The predicted molar refractivity (Wildman–Crippen MR) is 76.0 cm³/mol. The number of nitrogens with zero attached hydrogens (tertiary/aromatic N) is 3. The molecule has 2 atom stereocenters. The highest BCUT2D eigenvalue weighted by atomic mass is 16.5.